The van der Waals surface area contributed by atoms with Gasteiger partial charge in [0.1, 0.15) is 5.82 Å². The van der Waals surface area contributed by atoms with Crippen LogP contribution in [0, 0.1) is 5.41 Å². The third-order valence-electron chi connectivity index (χ3n) is 5.90. The Morgan fingerprint density at radius 2 is 2.03 bits per heavy atom. The van der Waals surface area contributed by atoms with Crippen molar-refractivity contribution in [1.29, 1.82) is 5.41 Å². The minimum absolute atomic E-state index is 0.0238. The first-order valence-electron chi connectivity index (χ1n) is 11.0. The molecule has 1 aromatic rings. The van der Waals surface area contributed by atoms with Crippen molar-refractivity contribution < 1.29 is 19.1 Å². The molecule has 3 aliphatic heterocycles. The maximum atomic E-state index is 13.2. The molecule has 0 unspecified atom stereocenters. The maximum absolute atomic E-state index is 13.2. The van der Waals surface area contributed by atoms with E-state index < -0.39 is 11.8 Å². The van der Waals surface area contributed by atoms with Crippen LogP contribution in [-0.4, -0.2) is 67.4 Å². The predicted octanol–water partition coefficient (Wildman–Crippen LogP) is 0.730. The summed E-state index contributed by atoms with van der Waals surface area (Å²) in [5, 5.41) is 13.4. The number of fused-ring (bicyclic) bond motifs is 1. The first-order chi connectivity index (χ1) is 16.3. The van der Waals surface area contributed by atoms with Crippen LogP contribution in [0.4, 0.5) is 11.4 Å². The molecular weight excluding hydrogens is 438 g/mol. The molecule has 0 atom stereocenters. The van der Waals surface area contributed by atoms with Crippen LogP contribution >= 0.6 is 0 Å². The molecule has 4 rings (SSSR count). The number of nitrogens with zero attached hydrogens (tertiary/aromatic N) is 3. The molecule has 3 amide bonds. The van der Waals surface area contributed by atoms with Gasteiger partial charge in [-0.05, 0) is 31.5 Å². The minimum atomic E-state index is -0.658. The number of carbonyl (C=O) groups excluding carboxylic acids is 3. The summed E-state index contributed by atoms with van der Waals surface area (Å²) in [6.45, 7) is 6.72. The van der Waals surface area contributed by atoms with Crippen LogP contribution in [0.5, 0.6) is 0 Å². The third kappa shape index (κ3) is 4.42. The number of nitrogens with one attached hydrogen (secondary N) is 3. The fourth-order valence-corrected chi connectivity index (χ4v) is 4.02. The van der Waals surface area contributed by atoms with Crippen molar-refractivity contribution in [2.24, 2.45) is 10.7 Å². The molecule has 0 aliphatic carbocycles. The first-order valence-corrected chi connectivity index (χ1v) is 11.0. The second kappa shape index (κ2) is 9.48. The Hall–Kier alpha value is -3.99. The summed E-state index contributed by atoms with van der Waals surface area (Å²) in [7, 11) is 0. The molecule has 1 saturated heterocycles. The first kappa shape index (κ1) is 23.2. The summed E-state index contributed by atoms with van der Waals surface area (Å²) in [4.78, 5) is 45.3. The molecule has 0 bridgehead atoms. The van der Waals surface area contributed by atoms with Gasteiger partial charge in [-0.2, -0.15) is 0 Å². The molecule has 11 heteroatoms. The van der Waals surface area contributed by atoms with Crippen LogP contribution < -0.4 is 21.3 Å². The molecule has 0 radical (unpaired) electrons. The van der Waals surface area contributed by atoms with E-state index in [4.69, 9.17) is 15.9 Å². The Kier molecular flexibility index (Phi) is 6.46. The standard InChI is InChI=1S/C23H27N7O4/c1-13(2)30-12-14-7-18(19(8-16(14)23(30)33)29-3-5-34-6-4-29)28-22(32)17(9-24)21-26-10-15(11-27-21)20(25)31/h7-11,13,24,26H,3-6,12H2,1-2H3,(H2,25,31)(H,28,32)/b21-17-,24-9?. The quantitative estimate of drug-likeness (QED) is 0.359. The largest absolute Gasteiger partial charge is 0.378 e. The van der Waals surface area contributed by atoms with E-state index in [1.54, 1.807) is 4.90 Å². The smallest absolute Gasteiger partial charge is 0.261 e. The van der Waals surface area contributed by atoms with Crippen molar-refractivity contribution in [3.8, 4) is 0 Å². The molecule has 11 nitrogen and oxygen atoms in total. The minimum Gasteiger partial charge on any atom is -0.378 e. The number of nitrogens with two attached hydrogens (primary N) is 1. The van der Waals surface area contributed by atoms with E-state index in [1.165, 1.54) is 12.4 Å². The normalized spacial score (nSPS) is 18.9. The van der Waals surface area contributed by atoms with E-state index in [1.807, 2.05) is 26.0 Å². The molecule has 1 aromatic carbocycles. The van der Waals surface area contributed by atoms with Crippen LogP contribution in [0.2, 0.25) is 0 Å². The topological polar surface area (TPSA) is 153 Å². The van der Waals surface area contributed by atoms with Gasteiger partial charge >= 0.3 is 0 Å². The fourth-order valence-electron chi connectivity index (χ4n) is 4.02. The second-order valence-corrected chi connectivity index (χ2v) is 8.38. The Morgan fingerprint density at radius 3 is 2.62 bits per heavy atom. The number of primary amides is 1. The number of ether oxygens (including phenoxy) is 1. The maximum Gasteiger partial charge on any atom is 0.261 e. The van der Waals surface area contributed by atoms with E-state index >= 15 is 0 Å². The summed E-state index contributed by atoms with van der Waals surface area (Å²) >= 11 is 0. The van der Waals surface area contributed by atoms with Crippen LogP contribution in [0.25, 0.3) is 0 Å². The molecule has 0 aromatic heterocycles. The molecule has 178 valence electrons. The molecule has 3 aliphatic rings. The zero-order valence-electron chi connectivity index (χ0n) is 19.1. The van der Waals surface area contributed by atoms with Gasteiger partial charge < -0.3 is 36.3 Å². The molecule has 0 saturated carbocycles. The molecule has 1 fully saturated rings. The van der Waals surface area contributed by atoms with Crippen LogP contribution in [-0.2, 0) is 20.9 Å². The Labute approximate surface area is 196 Å². The Morgan fingerprint density at radius 1 is 1.29 bits per heavy atom. The summed E-state index contributed by atoms with van der Waals surface area (Å²) in [5.74, 6) is -1.12. The monoisotopic (exact) mass is 465 g/mol. The van der Waals surface area contributed by atoms with Crippen molar-refractivity contribution >= 4 is 41.5 Å². The lowest BCUT2D eigenvalue weighted by Gasteiger charge is -2.31. The van der Waals surface area contributed by atoms with Gasteiger partial charge in [0.05, 0.1) is 35.7 Å². The fraction of sp³-hybridized carbons (Fsp3) is 0.348. The number of benzene rings is 1. The molecule has 3 heterocycles. The lowest BCUT2D eigenvalue weighted by atomic mass is 10.1. The number of hydrogen-bond donors (Lipinski definition) is 4. The molecule has 0 spiro atoms. The van der Waals surface area contributed by atoms with Crippen molar-refractivity contribution in [3.63, 3.8) is 0 Å². The summed E-state index contributed by atoms with van der Waals surface area (Å²) < 4.78 is 5.46. The van der Waals surface area contributed by atoms with Gasteiger partial charge in [-0.1, -0.05) is 0 Å². The number of anilines is 2. The third-order valence-corrected chi connectivity index (χ3v) is 5.90. The number of morpholine rings is 1. The van der Waals surface area contributed by atoms with Gasteiger partial charge in [0, 0.05) is 49.9 Å². The van der Waals surface area contributed by atoms with Gasteiger partial charge in [-0.15, -0.1) is 0 Å². The van der Waals surface area contributed by atoms with E-state index in [-0.39, 0.29) is 28.9 Å². The number of amides is 3. The van der Waals surface area contributed by atoms with E-state index in [2.05, 4.69) is 20.5 Å². The molecule has 34 heavy (non-hydrogen) atoms. The number of hydrogen-bond acceptors (Lipinski definition) is 8. The molecular formula is C23H27N7O4. The number of carbonyl (C=O) groups is 3. The van der Waals surface area contributed by atoms with E-state index in [0.717, 1.165) is 17.5 Å². The van der Waals surface area contributed by atoms with Crippen molar-refractivity contribution in [3.05, 3.63) is 46.4 Å². The average molecular weight is 466 g/mol. The highest BCUT2D eigenvalue weighted by molar-refractivity contribution is 6.19. The SMILES string of the molecule is CC(C)N1Cc2cc(NC(=O)/C(C=N)=C3\N=CC(C(N)=O)=CN3)c(N3CCOCC3)cc2C1=O. The van der Waals surface area contributed by atoms with Crippen LogP contribution in [0.15, 0.2) is 40.3 Å². The van der Waals surface area contributed by atoms with Gasteiger partial charge in [0.15, 0.2) is 0 Å². The number of aliphatic imine (C=N–C) groups is 1. The second-order valence-electron chi connectivity index (χ2n) is 8.38. The van der Waals surface area contributed by atoms with E-state index in [9.17, 15) is 14.4 Å². The predicted molar refractivity (Wildman–Crippen MR) is 128 cm³/mol. The van der Waals surface area contributed by atoms with Gasteiger partial charge in [0.2, 0.25) is 0 Å². The lowest BCUT2D eigenvalue weighted by molar-refractivity contribution is -0.114. The summed E-state index contributed by atoms with van der Waals surface area (Å²) in [5.41, 5.74) is 8.08. The highest BCUT2D eigenvalue weighted by atomic mass is 16.5. The van der Waals surface area contributed by atoms with Crippen molar-refractivity contribution in [2.45, 2.75) is 26.4 Å². The van der Waals surface area contributed by atoms with E-state index in [0.29, 0.717) is 44.1 Å². The highest BCUT2D eigenvalue weighted by Crippen LogP contribution is 2.35. The van der Waals surface area contributed by atoms with Crippen LogP contribution in [0.1, 0.15) is 29.8 Å². The van der Waals surface area contributed by atoms with Crippen molar-refractivity contribution in [2.75, 3.05) is 36.5 Å². The van der Waals surface area contributed by atoms with Crippen LogP contribution in [0.3, 0.4) is 0 Å². The molecule has 5 N–H and O–H groups in total. The zero-order valence-corrected chi connectivity index (χ0v) is 19.1. The summed E-state index contributed by atoms with van der Waals surface area (Å²) in [6.07, 6.45) is 3.47. The van der Waals surface area contributed by atoms with Gasteiger partial charge in [-0.25, -0.2) is 4.99 Å². The zero-order chi connectivity index (χ0) is 24.4. The Bertz CT molecular complexity index is 1150. The average Bonchev–Trinajstić information content (AvgIpc) is 3.15. The number of rotatable bonds is 6. The highest BCUT2D eigenvalue weighted by Gasteiger charge is 2.32. The van der Waals surface area contributed by atoms with Crippen molar-refractivity contribution in [1.82, 2.24) is 10.2 Å². The van der Waals surface area contributed by atoms with Gasteiger partial charge in [0.25, 0.3) is 17.7 Å². The lowest BCUT2D eigenvalue weighted by Crippen LogP contribution is -2.37. The van der Waals surface area contributed by atoms with Gasteiger partial charge in [-0.3, -0.25) is 14.4 Å². The summed E-state index contributed by atoms with van der Waals surface area (Å²) in [6, 6.07) is 3.71. The Balaban J connectivity index is 1.67.